The van der Waals surface area contributed by atoms with Gasteiger partial charge in [-0.05, 0) is 43.2 Å². The number of ether oxygens (including phenoxy) is 1. The van der Waals surface area contributed by atoms with E-state index < -0.39 is 17.7 Å². The van der Waals surface area contributed by atoms with Crippen LogP contribution in [0.3, 0.4) is 0 Å². The fourth-order valence-corrected chi connectivity index (χ4v) is 3.62. The summed E-state index contributed by atoms with van der Waals surface area (Å²) >= 11 is 0. The summed E-state index contributed by atoms with van der Waals surface area (Å²) in [6.45, 7) is 2.60. The number of carbonyl (C=O) groups excluding carboxylic acids is 3. The predicted molar refractivity (Wildman–Crippen MR) is 114 cm³/mol. The van der Waals surface area contributed by atoms with E-state index in [1.165, 1.54) is 12.1 Å². The lowest BCUT2D eigenvalue weighted by Crippen LogP contribution is -2.40. The smallest absolute Gasteiger partial charge is 0.227 e. The third-order valence-corrected chi connectivity index (χ3v) is 5.27. The van der Waals surface area contributed by atoms with Crippen molar-refractivity contribution in [1.29, 1.82) is 0 Å². The van der Waals surface area contributed by atoms with Gasteiger partial charge in [-0.15, -0.1) is 0 Å². The predicted octanol–water partition coefficient (Wildman–Crippen LogP) is 2.04. The van der Waals surface area contributed by atoms with Crippen molar-refractivity contribution in [3.05, 3.63) is 59.9 Å². The zero-order valence-corrected chi connectivity index (χ0v) is 17.3. The molecule has 0 saturated carbocycles. The number of nitrogens with two attached hydrogens (primary N) is 1. The Morgan fingerprint density at radius 3 is 2.61 bits per heavy atom. The molecular weight excluding hydrogens is 401 g/mol. The maximum atomic E-state index is 13.1. The van der Waals surface area contributed by atoms with Crippen LogP contribution in [0.25, 0.3) is 0 Å². The molecule has 0 bridgehead atoms. The highest BCUT2D eigenvalue weighted by Gasteiger charge is 2.36. The topological polar surface area (TPSA) is 102 Å². The van der Waals surface area contributed by atoms with Crippen molar-refractivity contribution in [2.45, 2.75) is 19.8 Å². The van der Waals surface area contributed by atoms with Crippen LogP contribution in [0.1, 0.15) is 18.9 Å². The second kappa shape index (κ2) is 10.1. The first-order chi connectivity index (χ1) is 14.9. The van der Waals surface area contributed by atoms with Crippen LogP contribution in [-0.2, 0) is 20.8 Å². The van der Waals surface area contributed by atoms with Crippen molar-refractivity contribution in [1.82, 2.24) is 5.32 Å². The summed E-state index contributed by atoms with van der Waals surface area (Å²) in [5.74, 6) is -1.98. The van der Waals surface area contributed by atoms with Gasteiger partial charge in [-0.1, -0.05) is 24.3 Å². The molecule has 2 aromatic carbocycles. The first-order valence-electron chi connectivity index (χ1n) is 10.2. The van der Waals surface area contributed by atoms with Gasteiger partial charge in [-0.25, -0.2) is 4.39 Å². The number of carbonyl (C=O) groups is 3. The summed E-state index contributed by atoms with van der Waals surface area (Å²) in [6.07, 6.45) is 0.360. The second-order valence-electron chi connectivity index (χ2n) is 7.48. The number of anilines is 1. The van der Waals surface area contributed by atoms with Gasteiger partial charge in [0.2, 0.25) is 17.7 Å². The van der Waals surface area contributed by atoms with Gasteiger partial charge in [-0.3, -0.25) is 14.4 Å². The fraction of sp³-hybridized carbons (Fsp3) is 0.348. The van der Waals surface area contributed by atoms with Crippen LogP contribution in [0.15, 0.2) is 48.5 Å². The second-order valence-corrected chi connectivity index (χ2v) is 7.48. The molecule has 7 nitrogen and oxygen atoms in total. The molecule has 0 aliphatic carbocycles. The molecule has 8 heteroatoms. The quantitative estimate of drug-likeness (QED) is 0.639. The highest BCUT2D eigenvalue weighted by Crippen LogP contribution is 2.33. The largest absolute Gasteiger partial charge is 0.492 e. The number of rotatable bonds is 9. The van der Waals surface area contributed by atoms with Crippen molar-refractivity contribution in [2.75, 3.05) is 24.6 Å². The Kier molecular flexibility index (Phi) is 7.23. The fourth-order valence-electron chi connectivity index (χ4n) is 3.62. The lowest BCUT2D eigenvalue weighted by molar-refractivity contribution is -0.127. The van der Waals surface area contributed by atoms with Crippen LogP contribution >= 0.6 is 0 Å². The van der Waals surface area contributed by atoms with Gasteiger partial charge >= 0.3 is 0 Å². The van der Waals surface area contributed by atoms with Crippen molar-refractivity contribution in [3.8, 4) is 5.75 Å². The lowest BCUT2D eigenvalue weighted by Gasteiger charge is -2.20. The molecule has 0 aromatic heterocycles. The number of nitrogens with one attached hydrogen (secondary N) is 1. The molecule has 3 amide bonds. The van der Waals surface area contributed by atoms with Crippen molar-refractivity contribution >= 4 is 23.4 Å². The first-order valence-corrected chi connectivity index (χ1v) is 10.2. The molecule has 1 saturated heterocycles. The van der Waals surface area contributed by atoms with Crippen molar-refractivity contribution in [2.24, 2.45) is 17.6 Å². The first kappa shape index (κ1) is 22.3. The Balaban J connectivity index is 1.61. The number of para-hydroxylation sites is 2. The molecule has 2 atom stereocenters. The number of hydrogen-bond donors (Lipinski definition) is 2. The Bertz CT molecular complexity index is 948. The van der Waals surface area contributed by atoms with Gasteiger partial charge in [0.1, 0.15) is 11.6 Å². The average Bonchev–Trinajstić information content (AvgIpc) is 3.14. The molecule has 3 N–H and O–H groups in total. The molecule has 2 aromatic rings. The molecule has 0 spiro atoms. The maximum Gasteiger partial charge on any atom is 0.227 e. The van der Waals surface area contributed by atoms with Crippen LogP contribution in [0.2, 0.25) is 0 Å². The van der Waals surface area contributed by atoms with E-state index in [1.807, 2.05) is 19.1 Å². The van der Waals surface area contributed by atoms with Crippen LogP contribution in [0, 0.1) is 17.7 Å². The van der Waals surface area contributed by atoms with Gasteiger partial charge in [0.25, 0.3) is 0 Å². The molecule has 2 unspecified atom stereocenters. The Hall–Kier alpha value is -3.42. The van der Waals surface area contributed by atoms with Crippen molar-refractivity contribution < 1.29 is 23.5 Å². The van der Waals surface area contributed by atoms with Gasteiger partial charge in [0.15, 0.2) is 0 Å². The number of hydrogen-bond acceptors (Lipinski definition) is 4. The molecule has 3 rings (SSSR count). The Morgan fingerprint density at radius 1 is 1.23 bits per heavy atom. The van der Waals surface area contributed by atoms with Crippen LogP contribution in [0.5, 0.6) is 5.75 Å². The lowest BCUT2D eigenvalue weighted by atomic mass is 9.98. The monoisotopic (exact) mass is 427 g/mol. The molecule has 1 heterocycles. The maximum absolute atomic E-state index is 13.1. The molecule has 164 valence electrons. The van der Waals surface area contributed by atoms with Gasteiger partial charge < -0.3 is 20.7 Å². The standard InChI is InChI=1S/C23H26FN3O4/c1-2-31-20-6-4-3-5-19(20)27-14-17(12-21(27)28)23(30)26-13-16(22(25)29)11-15-7-9-18(24)10-8-15/h3-10,16-17H,2,11-14H2,1H3,(H2,25,29)(H,26,30). The van der Waals surface area contributed by atoms with E-state index >= 15 is 0 Å². The molecule has 1 fully saturated rings. The van der Waals surface area contributed by atoms with E-state index in [1.54, 1.807) is 29.2 Å². The third kappa shape index (κ3) is 5.59. The van der Waals surface area contributed by atoms with E-state index in [0.717, 1.165) is 5.56 Å². The zero-order chi connectivity index (χ0) is 22.4. The summed E-state index contributed by atoms with van der Waals surface area (Å²) < 4.78 is 18.7. The highest BCUT2D eigenvalue weighted by atomic mass is 19.1. The molecule has 1 aliphatic heterocycles. The number of amides is 3. The highest BCUT2D eigenvalue weighted by molar-refractivity contribution is 6.01. The van der Waals surface area contributed by atoms with Gasteiger partial charge in [-0.2, -0.15) is 0 Å². The Labute approximate surface area is 180 Å². The molecule has 0 radical (unpaired) electrons. The minimum Gasteiger partial charge on any atom is -0.492 e. The zero-order valence-electron chi connectivity index (χ0n) is 17.3. The number of benzene rings is 2. The summed E-state index contributed by atoms with van der Waals surface area (Å²) in [5.41, 5.74) is 6.86. The van der Waals surface area contributed by atoms with E-state index in [0.29, 0.717) is 18.0 Å². The molecule has 31 heavy (non-hydrogen) atoms. The summed E-state index contributed by atoms with van der Waals surface area (Å²) in [6, 6.07) is 13.0. The minimum atomic E-state index is -0.638. The summed E-state index contributed by atoms with van der Waals surface area (Å²) in [4.78, 5) is 38.6. The normalized spacial score (nSPS) is 16.8. The van der Waals surface area contributed by atoms with Crippen LogP contribution < -0.4 is 20.7 Å². The minimum absolute atomic E-state index is 0.0474. The number of halogens is 1. The van der Waals surface area contributed by atoms with Crippen LogP contribution in [-0.4, -0.2) is 37.4 Å². The average molecular weight is 427 g/mol. The van der Waals surface area contributed by atoms with Crippen LogP contribution in [0.4, 0.5) is 10.1 Å². The molecular formula is C23H26FN3O4. The third-order valence-electron chi connectivity index (χ3n) is 5.27. The number of nitrogens with zero attached hydrogens (tertiary/aromatic N) is 1. The van der Waals surface area contributed by atoms with E-state index in [2.05, 4.69) is 5.32 Å². The Morgan fingerprint density at radius 2 is 1.94 bits per heavy atom. The van der Waals surface area contributed by atoms with E-state index in [-0.39, 0.29) is 43.6 Å². The summed E-state index contributed by atoms with van der Waals surface area (Å²) in [7, 11) is 0. The SMILES string of the molecule is CCOc1ccccc1N1CC(C(=O)NCC(Cc2ccc(F)cc2)C(N)=O)CC1=O. The van der Waals surface area contributed by atoms with E-state index in [4.69, 9.17) is 10.5 Å². The van der Waals surface area contributed by atoms with E-state index in [9.17, 15) is 18.8 Å². The van der Waals surface area contributed by atoms with Crippen molar-refractivity contribution in [3.63, 3.8) is 0 Å². The number of primary amides is 1. The van der Waals surface area contributed by atoms with Gasteiger partial charge in [0.05, 0.1) is 24.1 Å². The summed E-state index contributed by atoms with van der Waals surface area (Å²) in [5, 5.41) is 2.75. The van der Waals surface area contributed by atoms with Gasteiger partial charge in [0, 0.05) is 19.5 Å². The molecule has 1 aliphatic rings.